The van der Waals surface area contributed by atoms with Gasteiger partial charge < -0.3 is 15.1 Å². The number of likely N-dealkylation sites (N-methyl/N-ethyl adjacent to an activating group) is 1. The van der Waals surface area contributed by atoms with Crippen LogP contribution in [0.4, 0.5) is 4.39 Å². The highest BCUT2D eigenvalue weighted by Gasteiger charge is 2.16. The van der Waals surface area contributed by atoms with E-state index in [1.165, 1.54) is 12.1 Å². The number of halogens is 1. The van der Waals surface area contributed by atoms with Crippen molar-refractivity contribution in [1.29, 1.82) is 0 Å². The summed E-state index contributed by atoms with van der Waals surface area (Å²) in [7, 11) is 1.89. The topological polar surface area (TPSA) is 43.7 Å². The molecule has 2 N–H and O–H groups in total. The van der Waals surface area contributed by atoms with E-state index in [-0.39, 0.29) is 5.82 Å². The van der Waals surface area contributed by atoms with Crippen molar-refractivity contribution >= 4 is 0 Å². The fourth-order valence-electron chi connectivity index (χ4n) is 1.96. The molecule has 0 saturated carbocycles. The first-order valence-corrected chi connectivity index (χ1v) is 6.12. The van der Waals surface area contributed by atoms with Crippen LogP contribution in [-0.4, -0.2) is 40.9 Å². The van der Waals surface area contributed by atoms with Crippen LogP contribution < -0.4 is 0 Å². The SMILES string of the molecule is CN(CCC(O)c1cccc(F)c1)CC(C)(C)O. The third kappa shape index (κ3) is 5.58. The van der Waals surface area contributed by atoms with Crippen molar-refractivity contribution in [3.05, 3.63) is 35.6 Å². The number of benzene rings is 1. The number of aliphatic hydroxyl groups is 2. The van der Waals surface area contributed by atoms with E-state index in [1.54, 1.807) is 26.0 Å². The molecule has 0 saturated heterocycles. The second-order valence-electron chi connectivity index (χ2n) is 5.41. The Bertz CT molecular complexity index is 376. The molecule has 0 aliphatic heterocycles. The summed E-state index contributed by atoms with van der Waals surface area (Å²) in [4.78, 5) is 1.95. The van der Waals surface area contributed by atoms with Gasteiger partial charge in [0.2, 0.25) is 0 Å². The minimum Gasteiger partial charge on any atom is -0.389 e. The van der Waals surface area contributed by atoms with Gasteiger partial charge in [-0.25, -0.2) is 4.39 Å². The smallest absolute Gasteiger partial charge is 0.123 e. The van der Waals surface area contributed by atoms with Crippen molar-refractivity contribution in [2.75, 3.05) is 20.1 Å². The zero-order valence-corrected chi connectivity index (χ0v) is 11.2. The molecule has 102 valence electrons. The molecule has 0 heterocycles. The van der Waals surface area contributed by atoms with E-state index < -0.39 is 11.7 Å². The van der Waals surface area contributed by atoms with Crippen LogP contribution in [0.2, 0.25) is 0 Å². The molecular formula is C14H22FNO2. The summed E-state index contributed by atoms with van der Waals surface area (Å²) < 4.78 is 13.0. The Kier molecular flexibility index (Phi) is 5.26. The molecule has 3 nitrogen and oxygen atoms in total. The lowest BCUT2D eigenvalue weighted by atomic mass is 10.1. The Morgan fingerprint density at radius 2 is 2.06 bits per heavy atom. The van der Waals surface area contributed by atoms with Crippen LogP contribution in [0.3, 0.4) is 0 Å². The highest BCUT2D eigenvalue weighted by Crippen LogP contribution is 2.18. The van der Waals surface area contributed by atoms with Crippen molar-refractivity contribution in [3.63, 3.8) is 0 Å². The first-order chi connectivity index (χ1) is 8.28. The van der Waals surface area contributed by atoms with Crippen molar-refractivity contribution < 1.29 is 14.6 Å². The molecule has 0 aromatic heterocycles. The summed E-state index contributed by atoms with van der Waals surface area (Å²) in [5, 5.41) is 19.6. The van der Waals surface area contributed by atoms with E-state index in [9.17, 15) is 14.6 Å². The summed E-state index contributed by atoms with van der Waals surface area (Å²) in [6, 6.07) is 6.01. The maximum Gasteiger partial charge on any atom is 0.123 e. The number of hydrogen-bond acceptors (Lipinski definition) is 3. The number of aliphatic hydroxyl groups excluding tert-OH is 1. The second-order valence-corrected chi connectivity index (χ2v) is 5.41. The van der Waals surface area contributed by atoms with Crippen molar-refractivity contribution in [2.24, 2.45) is 0 Å². The molecule has 4 heteroatoms. The molecule has 1 aromatic carbocycles. The predicted octanol–water partition coefficient (Wildman–Crippen LogP) is 1.95. The molecule has 0 amide bonds. The van der Waals surface area contributed by atoms with Crippen LogP contribution in [-0.2, 0) is 0 Å². The monoisotopic (exact) mass is 255 g/mol. The van der Waals surface area contributed by atoms with Crippen LogP contribution in [0.25, 0.3) is 0 Å². The molecule has 0 aliphatic carbocycles. The average Bonchev–Trinajstić information content (AvgIpc) is 2.23. The van der Waals surface area contributed by atoms with Crippen molar-refractivity contribution in [2.45, 2.75) is 32.0 Å². The minimum absolute atomic E-state index is 0.337. The van der Waals surface area contributed by atoms with Gasteiger partial charge in [-0.3, -0.25) is 0 Å². The Labute approximate surface area is 108 Å². The predicted molar refractivity (Wildman–Crippen MR) is 69.8 cm³/mol. The summed E-state index contributed by atoms with van der Waals surface area (Å²) in [6.07, 6.45) is -0.166. The molecule has 18 heavy (non-hydrogen) atoms. The zero-order valence-electron chi connectivity index (χ0n) is 11.2. The van der Waals surface area contributed by atoms with Gasteiger partial charge in [-0.05, 0) is 45.0 Å². The molecule has 1 atom stereocenters. The second kappa shape index (κ2) is 6.27. The summed E-state index contributed by atoms with van der Waals surface area (Å²) in [6.45, 7) is 4.66. The van der Waals surface area contributed by atoms with Crippen LogP contribution in [0.5, 0.6) is 0 Å². The van der Waals surface area contributed by atoms with Gasteiger partial charge in [0.05, 0.1) is 11.7 Å². The molecule has 0 bridgehead atoms. The maximum atomic E-state index is 13.0. The van der Waals surface area contributed by atoms with E-state index in [1.807, 2.05) is 11.9 Å². The van der Waals surface area contributed by atoms with Gasteiger partial charge >= 0.3 is 0 Å². The maximum absolute atomic E-state index is 13.0. The van der Waals surface area contributed by atoms with E-state index in [2.05, 4.69) is 0 Å². The number of rotatable bonds is 6. The first kappa shape index (κ1) is 15.1. The molecular weight excluding hydrogens is 233 g/mol. The highest BCUT2D eigenvalue weighted by molar-refractivity contribution is 5.18. The zero-order chi connectivity index (χ0) is 13.8. The number of nitrogens with zero attached hydrogens (tertiary/aromatic N) is 1. The fourth-order valence-corrected chi connectivity index (χ4v) is 1.96. The lowest BCUT2D eigenvalue weighted by Crippen LogP contribution is -2.37. The van der Waals surface area contributed by atoms with E-state index in [0.717, 1.165) is 0 Å². The van der Waals surface area contributed by atoms with Gasteiger partial charge in [0.25, 0.3) is 0 Å². The van der Waals surface area contributed by atoms with Crippen molar-refractivity contribution in [1.82, 2.24) is 4.90 Å². The largest absolute Gasteiger partial charge is 0.389 e. The van der Waals surface area contributed by atoms with Gasteiger partial charge in [0.1, 0.15) is 5.82 Å². The molecule has 0 spiro atoms. The highest BCUT2D eigenvalue weighted by atomic mass is 19.1. The van der Waals surface area contributed by atoms with Gasteiger partial charge in [-0.1, -0.05) is 12.1 Å². The molecule has 1 aromatic rings. The van der Waals surface area contributed by atoms with Crippen LogP contribution in [0.1, 0.15) is 31.9 Å². The fraction of sp³-hybridized carbons (Fsp3) is 0.571. The standard InChI is InChI=1S/C14H22FNO2/c1-14(2,18)10-16(3)8-7-13(17)11-5-4-6-12(15)9-11/h4-6,9,13,17-18H,7-8,10H2,1-3H3. The Morgan fingerprint density at radius 1 is 1.39 bits per heavy atom. The summed E-state index contributed by atoms with van der Waals surface area (Å²) in [5.41, 5.74) is -0.162. The molecule has 1 rings (SSSR count). The van der Waals surface area contributed by atoms with E-state index in [4.69, 9.17) is 0 Å². The third-order valence-corrected chi connectivity index (χ3v) is 2.67. The van der Waals surface area contributed by atoms with E-state index >= 15 is 0 Å². The molecule has 0 aliphatic rings. The van der Waals surface area contributed by atoms with Gasteiger partial charge in [0, 0.05) is 13.1 Å². The molecule has 1 unspecified atom stereocenters. The number of hydrogen-bond donors (Lipinski definition) is 2. The normalized spacial score (nSPS) is 13.9. The van der Waals surface area contributed by atoms with Crippen LogP contribution >= 0.6 is 0 Å². The van der Waals surface area contributed by atoms with Gasteiger partial charge in [-0.15, -0.1) is 0 Å². The van der Waals surface area contributed by atoms with E-state index in [0.29, 0.717) is 25.1 Å². The third-order valence-electron chi connectivity index (χ3n) is 2.67. The Morgan fingerprint density at radius 3 is 2.61 bits per heavy atom. The van der Waals surface area contributed by atoms with Gasteiger partial charge in [-0.2, -0.15) is 0 Å². The van der Waals surface area contributed by atoms with Crippen LogP contribution in [0.15, 0.2) is 24.3 Å². The lowest BCUT2D eigenvalue weighted by molar-refractivity contribution is 0.0393. The van der Waals surface area contributed by atoms with Crippen molar-refractivity contribution in [3.8, 4) is 0 Å². The summed E-state index contributed by atoms with van der Waals surface area (Å²) >= 11 is 0. The molecule has 0 fully saturated rings. The quantitative estimate of drug-likeness (QED) is 0.816. The molecule has 0 radical (unpaired) electrons. The van der Waals surface area contributed by atoms with Gasteiger partial charge in [0.15, 0.2) is 0 Å². The Balaban J connectivity index is 2.44. The average molecular weight is 255 g/mol. The minimum atomic E-state index is -0.751. The Hall–Kier alpha value is -0.970. The summed E-state index contributed by atoms with van der Waals surface area (Å²) in [5.74, 6) is -0.337. The first-order valence-electron chi connectivity index (χ1n) is 6.12. The lowest BCUT2D eigenvalue weighted by Gasteiger charge is -2.26. The van der Waals surface area contributed by atoms with Crippen LogP contribution in [0, 0.1) is 5.82 Å².